The molecular formula is C28H28N2O4. The minimum atomic E-state index is -0.803. The van der Waals surface area contributed by atoms with E-state index in [9.17, 15) is 14.7 Å². The Morgan fingerprint density at radius 2 is 1.62 bits per heavy atom. The van der Waals surface area contributed by atoms with Gasteiger partial charge in [-0.05, 0) is 67.3 Å². The Morgan fingerprint density at radius 3 is 2.18 bits per heavy atom. The predicted octanol–water partition coefficient (Wildman–Crippen LogP) is 5.62. The number of pyridine rings is 1. The van der Waals surface area contributed by atoms with Crippen molar-refractivity contribution in [2.75, 3.05) is 4.90 Å². The van der Waals surface area contributed by atoms with Crippen molar-refractivity contribution in [3.05, 3.63) is 95.2 Å². The SMILES string of the molecule is CC(C)Oc1ccc(/C(O)=C2\C(=O)C(=O)N(c3ccccn3)[C@@H]2c2ccc(C(C)C)cc2)cc1. The first-order valence-electron chi connectivity index (χ1n) is 11.4. The summed E-state index contributed by atoms with van der Waals surface area (Å²) in [6.45, 7) is 8.05. The molecule has 6 nitrogen and oxygen atoms in total. The lowest BCUT2D eigenvalue weighted by Crippen LogP contribution is -2.30. The normalized spacial score (nSPS) is 17.6. The molecule has 1 atom stereocenters. The Balaban J connectivity index is 1.85. The lowest BCUT2D eigenvalue weighted by atomic mass is 9.93. The van der Waals surface area contributed by atoms with Crippen molar-refractivity contribution < 1.29 is 19.4 Å². The highest BCUT2D eigenvalue weighted by atomic mass is 16.5. The summed E-state index contributed by atoms with van der Waals surface area (Å²) >= 11 is 0. The summed E-state index contributed by atoms with van der Waals surface area (Å²) in [5.74, 6) is -0.362. The smallest absolute Gasteiger partial charge is 0.301 e. The first-order chi connectivity index (χ1) is 16.3. The second-order valence-corrected chi connectivity index (χ2v) is 8.87. The van der Waals surface area contributed by atoms with Crippen molar-refractivity contribution in [3.8, 4) is 5.75 Å². The molecule has 1 amide bonds. The maximum atomic E-state index is 13.2. The molecule has 0 radical (unpaired) electrons. The van der Waals surface area contributed by atoms with Crippen LogP contribution in [0.1, 0.15) is 56.3 Å². The quantitative estimate of drug-likeness (QED) is 0.296. The lowest BCUT2D eigenvalue weighted by molar-refractivity contribution is -0.132. The van der Waals surface area contributed by atoms with E-state index in [2.05, 4.69) is 18.8 Å². The van der Waals surface area contributed by atoms with Gasteiger partial charge >= 0.3 is 5.91 Å². The second-order valence-electron chi connectivity index (χ2n) is 8.87. The molecule has 6 heteroatoms. The van der Waals surface area contributed by atoms with Gasteiger partial charge in [-0.15, -0.1) is 0 Å². The summed E-state index contributed by atoms with van der Waals surface area (Å²) in [6, 6.07) is 19.0. The maximum absolute atomic E-state index is 13.2. The summed E-state index contributed by atoms with van der Waals surface area (Å²) in [7, 11) is 0. The Hall–Kier alpha value is -3.93. The molecule has 2 aromatic carbocycles. The van der Waals surface area contributed by atoms with Crippen LogP contribution in [0.3, 0.4) is 0 Å². The fourth-order valence-corrected chi connectivity index (χ4v) is 4.06. The summed E-state index contributed by atoms with van der Waals surface area (Å²) in [6.07, 6.45) is 1.58. The number of aliphatic hydroxyl groups excluding tert-OH is 1. The Bertz CT molecular complexity index is 1210. The molecular weight excluding hydrogens is 428 g/mol. The Morgan fingerprint density at radius 1 is 0.941 bits per heavy atom. The largest absolute Gasteiger partial charge is 0.507 e. The van der Waals surface area contributed by atoms with Crippen molar-refractivity contribution >= 4 is 23.3 Å². The predicted molar refractivity (Wildman–Crippen MR) is 132 cm³/mol. The zero-order valence-corrected chi connectivity index (χ0v) is 19.7. The first kappa shape index (κ1) is 23.2. The van der Waals surface area contributed by atoms with E-state index in [0.717, 1.165) is 11.1 Å². The number of benzene rings is 2. The summed E-state index contributed by atoms with van der Waals surface area (Å²) in [5, 5.41) is 11.2. The number of anilines is 1. The summed E-state index contributed by atoms with van der Waals surface area (Å²) < 4.78 is 5.67. The van der Waals surface area contributed by atoms with Gasteiger partial charge < -0.3 is 9.84 Å². The van der Waals surface area contributed by atoms with Gasteiger partial charge in [0.25, 0.3) is 5.78 Å². The number of ether oxygens (including phenoxy) is 1. The van der Waals surface area contributed by atoms with Crippen LogP contribution >= 0.6 is 0 Å². The number of ketones is 1. The zero-order valence-electron chi connectivity index (χ0n) is 19.7. The van der Waals surface area contributed by atoms with Gasteiger partial charge in [0, 0.05) is 11.8 Å². The Kier molecular flexibility index (Phi) is 6.50. The van der Waals surface area contributed by atoms with Gasteiger partial charge in [0.2, 0.25) is 0 Å². The molecule has 1 aromatic heterocycles. The van der Waals surface area contributed by atoms with Crippen LogP contribution in [-0.2, 0) is 9.59 Å². The maximum Gasteiger partial charge on any atom is 0.301 e. The minimum Gasteiger partial charge on any atom is -0.507 e. The average Bonchev–Trinajstić information content (AvgIpc) is 3.09. The number of carbonyl (C=O) groups excluding carboxylic acids is 2. The standard InChI is InChI=1S/C28H28N2O4/c1-17(2)19-8-10-20(11-9-19)25-24(26(31)21-12-14-22(15-13-21)34-18(3)4)27(32)28(33)30(25)23-7-5-6-16-29-23/h5-18,25,31H,1-4H3/b26-24+/t25-/m1/s1. The van der Waals surface area contributed by atoms with Crippen LogP contribution < -0.4 is 9.64 Å². The van der Waals surface area contributed by atoms with Gasteiger partial charge in [0.15, 0.2) is 0 Å². The summed E-state index contributed by atoms with van der Waals surface area (Å²) in [4.78, 5) is 32.0. The highest BCUT2D eigenvalue weighted by Gasteiger charge is 2.47. The molecule has 4 rings (SSSR count). The van der Waals surface area contributed by atoms with Crippen LogP contribution in [0.5, 0.6) is 5.75 Å². The van der Waals surface area contributed by atoms with Crippen LogP contribution in [-0.4, -0.2) is 27.9 Å². The third-order valence-electron chi connectivity index (χ3n) is 5.76. The van der Waals surface area contributed by atoms with E-state index in [4.69, 9.17) is 4.74 Å². The topological polar surface area (TPSA) is 79.7 Å². The number of amides is 1. The van der Waals surface area contributed by atoms with E-state index >= 15 is 0 Å². The average molecular weight is 457 g/mol. The number of nitrogens with zero attached hydrogens (tertiary/aromatic N) is 2. The van der Waals surface area contributed by atoms with Crippen LogP contribution in [0.4, 0.5) is 5.82 Å². The van der Waals surface area contributed by atoms with Crippen LogP contribution in [0, 0.1) is 0 Å². The fraction of sp³-hybridized carbons (Fsp3) is 0.250. The highest BCUT2D eigenvalue weighted by Crippen LogP contribution is 2.41. The molecule has 1 aliphatic heterocycles. The van der Waals surface area contributed by atoms with E-state index in [0.29, 0.717) is 23.0 Å². The number of hydrogen-bond donors (Lipinski definition) is 1. The molecule has 1 fully saturated rings. The molecule has 3 aromatic rings. The van der Waals surface area contributed by atoms with Crippen LogP contribution in [0.15, 0.2) is 78.5 Å². The summed E-state index contributed by atoms with van der Waals surface area (Å²) in [5.41, 5.74) is 2.32. The molecule has 1 N–H and O–H groups in total. The number of aromatic nitrogens is 1. The van der Waals surface area contributed by atoms with E-state index in [-0.39, 0.29) is 17.4 Å². The third kappa shape index (κ3) is 4.44. The van der Waals surface area contributed by atoms with Gasteiger partial charge in [-0.1, -0.05) is 44.2 Å². The van der Waals surface area contributed by atoms with E-state index in [1.807, 2.05) is 38.1 Å². The van der Waals surface area contributed by atoms with E-state index < -0.39 is 17.7 Å². The third-order valence-corrected chi connectivity index (χ3v) is 5.76. The van der Waals surface area contributed by atoms with Crippen molar-refractivity contribution in [3.63, 3.8) is 0 Å². The van der Waals surface area contributed by atoms with Crippen molar-refractivity contribution in [2.45, 2.75) is 45.8 Å². The van der Waals surface area contributed by atoms with E-state index in [1.54, 1.807) is 48.7 Å². The molecule has 0 spiro atoms. The van der Waals surface area contributed by atoms with Crippen LogP contribution in [0.25, 0.3) is 5.76 Å². The zero-order chi connectivity index (χ0) is 24.4. The van der Waals surface area contributed by atoms with Gasteiger partial charge in [-0.2, -0.15) is 0 Å². The Labute approximate surface area is 199 Å². The molecule has 1 aliphatic rings. The molecule has 0 bridgehead atoms. The first-order valence-corrected chi connectivity index (χ1v) is 11.4. The van der Waals surface area contributed by atoms with Gasteiger partial charge in [-0.3, -0.25) is 14.5 Å². The number of carbonyl (C=O) groups is 2. The molecule has 0 saturated carbocycles. The lowest BCUT2D eigenvalue weighted by Gasteiger charge is -2.24. The van der Waals surface area contributed by atoms with Crippen molar-refractivity contribution in [1.82, 2.24) is 4.98 Å². The molecule has 0 unspecified atom stereocenters. The molecule has 2 heterocycles. The van der Waals surface area contributed by atoms with Gasteiger partial charge in [-0.25, -0.2) is 4.98 Å². The number of Topliss-reactive ketones (excluding diaryl/α,β-unsaturated/α-hetero) is 1. The monoisotopic (exact) mass is 456 g/mol. The molecule has 174 valence electrons. The second kappa shape index (κ2) is 9.51. The van der Waals surface area contributed by atoms with Crippen LogP contribution in [0.2, 0.25) is 0 Å². The van der Waals surface area contributed by atoms with Crippen molar-refractivity contribution in [2.24, 2.45) is 0 Å². The number of hydrogen-bond acceptors (Lipinski definition) is 5. The van der Waals surface area contributed by atoms with Crippen molar-refractivity contribution in [1.29, 1.82) is 0 Å². The van der Waals surface area contributed by atoms with Gasteiger partial charge in [0.05, 0.1) is 17.7 Å². The molecule has 0 aliphatic carbocycles. The minimum absolute atomic E-state index is 0.0111. The molecule has 1 saturated heterocycles. The number of aliphatic hydroxyl groups is 1. The number of rotatable bonds is 6. The highest BCUT2D eigenvalue weighted by molar-refractivity contribution is 6.51. The molecule has 34 heavy (non-hydrogen) atoms. The fourth-order valence-electron chi connectivity index (χ4n) is 4.06. The van der Waals surface area contributed by atoms with E-state index in [1.165, 1.54) is 4.90 Å². The van der Waals surface area contributed by atoms with Gasteiger partial charge in [0.1, 0.15) is 17.3 Å².